The number of hydrogen-bond donors (Lipinski definition) is 1. The molecular weight excluding hydrogens is 518 g/mol. The summed E-state index contributed by atoms with van der Waals surface area (Å²) < 4.78 is 86.4. The molecule has 0 spiro atoms. The Morgan fingerprint density at radius 2 is 1.61 bits per heavy atom. The van der Waals surface area contributed by atoms with Crippen LogP contribution in [0.25, 0.3) is 0 Å². The third-order valence-electron chi connectivity index (χ3n) is 5.71. The molecule has 0 saturated carbocycles. The molecule has 38 heavy (non-hydrogen) atoms. The topological polar surface area (TPSA) is 70.7 Å². The number of nitrogens with zero attached hydrogens (tertiary/aromatic N) is 3. The van der Waals surface area contributed by atoms with Crippen molar-refractivity contribution in [1.82, 2.24) is 14.4 Å². The number of halogens is 6. The summed E-state index contributed by atoms with van der Waals surface area (Å²) in [5.74, 6) is -0.0248. The van der Waals surface area contributed by atoms with Crippen molar-refractivity contribution in [2.45, 2.75) is 45.3 Å². The number of hydrogen-bond acceptors (Lipinski definition) is 3. The molecular formula is C25H26F6N4O3. The maximum absolute atomic E-state index is 13.3. The van der Waals surface area contributed by atoms with Crippen molar-refractivity contribution in [1.29, 1.82) is 0 Å². The normalized spacial score (nSPS) is 12.1. The smallest absolute Gasteiger partial charge is 0.416 e. The molecule has 206 valence electrons. The van der Waals surface area contributed by atoms with Crippen molar-refractivity contribution in [3.05, 3.63) is 77.5 Å². The number of alkyl halides is 6. The Morgan fingerprint density at radius 3 is 2.08 bits per heavy atom. The molecule has 0 unspecified atom stereocenters. The molecule has 13 heteroatoms. The molecule has 0 bridgehead atoms. The first kappa shape index (κ1) is 28.7. The lowest BCUT2D eigenvalue weighted by Crippen LogP contribution is -2.47. The Hall–Kier alpha value is -3.90. The van der Waals surface area contributed by atoms with E-state index in [-0.39, 0.29) is 19.2 Å². The number of amides is 3. The molecule has 1 N–H and O–H groups in total. The minimum atomic E-state index is -5.07. The Labute approximate surface area is 214 Å². The van der Waals surface area contributed by atoms with Gasteiger partial charge >= 0.3 is 18.4 Å². The maximum Gasteiger partial charge on any atom is 0.416 e. The summed E-state index contributed by atoms with van der Waals surface area (Å²) in [6.07, 6.45) is -6.91. The van der Waals surface area contributed by atoms with Gasteiger partial charge in [0, 0.05) is 30.7 Å². The van der Waals surface area contributed by atoms with Gasteiger partial charge < -0.3 is 24.1 Å². The second-order valence-electron chi connectivity index (χ2n) is 8.89. The van der Waals surface area contributed by atoms with Gasteiger partial charge in [-0.1, -0.05) is 0 Å². The molecule has 3 aromatic rings. The predicted octanol–water partition coefficient (Wildman–Crippen LogP) is 6.13. The molecule has 3 rings (SSSR count). The lowest BCUT2D eigenvalue weighted by atomic mass is 10.1. The van der Waals surface area contributed by atoms with Crippen LogP contribution in [0.1, 0.15) is 36.4 Å². The lowest BCUT2D eigenvalue weighted by Gasteiger charge is -2.30. The third-order valence-corrected chi connectivity index (χ3v) is 5.71. The van der Waals surface area contributed by atoms with Gasteiger partial charge in [-0.3, -0.25) is 4.79 Å². The summed E-state index contributed by atoms with van der Waals surface area (Å²) in [5, 5.41) is 2.09. The number of urea groups is 1. The van der Waals surface area contributed by atoms with Gasteiger partial charge in [0.25, 0.3) is 0 Å². The second-order valence-corrected chi connectivity index (χ2v) is 8.89. The average molecular weight is 544 g/mol. The average Bonchev–Trinajstić information content (AvgIpc) is 3.47. The van der Waals surface area contributed by atoms with E-state index >= 15 is 0 Å². The Bertz CT molecular complexity index is 1220. The van der Waals surface area contributed by atoms with Gasteiger partial charge in [-0.2, -0.15) is 26.3 Å². The second kappa shape index (κ2) is 11.2. The molecule has 1 aromatic carbocycles. The van der Waals surface area contributed by atoms with Gasteiger partial charge in [-0.15, -0.1) is 0 Å². The van der Waals surface area contributed by atoms with Crippen LogP contribution < -0.4 is 5.32 Å². The van der Waals surface area contributed by atoms with Crippen LogP contribution in [0.3, 0.4) is 0 Å². The van der Waals surface area contributed by atoms with Crippen molar-refractivity contribution in [3.63, 3.8) is 0 Å². The predicted molar refractivity (Wildman–Crippen MR) is 126 cm³/mol. The fraction of sp³-hybridized carbons (Fsp3) is 0.360. The van der Waals surface area contributed by atoms with E-state index in [9.17, 15) is 35.9 Å². The van der Waals surface area contributed by atoms with Gasteiger partial charge in [-0.25, -0.2) is 4.79 Å². The third kappa shape index (κ3) is 7.33. The van der Waals surface area contributed by atoms with Gasteiger partial charge in [0.1, 0.15) is 12.3 Å². The Balaban J connectivity index is 1.84. The molecule has 0 atom stereocenters. The van der Waals surface area contributed by atoms with E-state index < -0.39 is 53.7 Å². The van der Waals surface area contributed by atoms with E-state index in [0.717, 1.165) is 10.6 Å². The highest BCUT2D eigenvalue weighted by Crippen LogP contribution is 2.37. The van der Waals surface area contributed by atoms with Crippen LogP contribution >= 0.6 is 0 Å². The summed E-state index contributed by atoms with van der Waals surface area (Å²) in [4.78, 5) is 28.7. The first-order valence-corrected chi connectivity index (χ1v) is 11.4. The van der Waals surface area contributed by atoms with Crippen LogP contribution in [-0.4, -0.2) is 38.9 Å². The summed E-state index contributed by atoms with van der Waals surface area (Å²) in [6.45, 7) is 2.88. The van der Waals surface area contributed by atoms with E-state index in [2.05, 4.69) is 5.32 Å². The van der Waals surface area contributed by atoms with Crippen molar-refractivity contribution in [2.75, 3.05) is 11.9 Å². The first-order chi connectivity index (χ1) is 17.6. The number of aryl methyl sites for hydroxylation is 1. The molecule has 0 aliphatic carbocycles. The van der Waals surface area contributed by atoms with Crippen LogP contribution in [0.4, 0.5) is 36.8 Å². The zero-order valence-corrected chi connectivity index (χ0v) is 20.7. The minimum absolute atomic E-state index is 0.0323. The number of carbonyl (C=O) groups is 2. The highest BCUT2D eigenvalue weighted by molar-refractivity contribution is 5.92. The number of aromatic nitrogens is 1. The van der Waals surface area contributed by atoms with Crippen molar-refractivity contribution in [3.8, 4) is 0 Å². The van der Waals surface area contributed by atoms with E-state index in [1.165, 1.54) is 11.2 Å². The number of benzene rings is 1. The van der Waals surface area contributed by atoms with Crippen LogP contribution in [0, 0.1) is 0 Å². The van der Waals surface area contributed by atoms with Crippen LogP contribution in [-0.2, 0) is 37.3 Å². The van der Waals surface area contributed by atoms with Crippen molar-refractivity contribution in [2.24, 2.45) is 7.05 Å². The van der Waals surface area contributed by atoms with E-state index in [4.69, 9.17) is 4.42 Å². The standard InChI is InChI=1S/C25H26F6N4O3/c1-16(2)35(23(37)32-19-11-17(24(26,27)28)10-18(12-19)25(29,30)31)15-22(36)34(14-21-7-5-9-38-21)13-20-6-4-8-33(20)3/h4-12,16H,13-15H2,1-3H3,(H,32,37). The lowest BCUT2D eigenvalue weighted by molar-refractivity contribution is -0.143. The Morgan fingerprint density at radius 1 is 0.974 bits per heavy atom. The molecule has 0 radical (unpaired) electrons. The molecule has 2 heterocycles. The van der Waals surface area contributed by atoms with Crippen LogP contribution in [0.5, 0.6) is 0 Å². The quantitative estimate of drug-likeness (QED) is 0.347. The fourth-order valence-corrected chi connectivity index (χ4v) is 3.64. The molecule has 3 amide bonds. The molecule has 0 aliphatic heterocycles. The van der Waals surface area contributed by atoms with Crippen molar-refractivity contribution < 1.29 is 40.3 Å². The van der Waals surface area contributed by atoms with E-state index in [0.29, 0.717) is 17.9 Å². The summed E-state index contributed by atoms with van der Waals surface area (Å²) in [7, 11) is 1.79. The van der Waals surface area contributed by atoms with Crippen LogP contribution in [0.2, 0.25) is 0 Å². The van der Waals surface area contributed by atoms with E-state index in [1.54, 1.807) is 55.9 Å². The largest absolute Gasteiger partial charge is 0.467 e. The highest BCUT2D eigenvalue weighted by Gasteiger charge is 2.37. The fourth-order valence-electron chi connectivity index (χ4n) is 3.64. The Kier molecular flexibility index (Phi) is 8.48. The maximum atomic E-state index is 13.3. The van der Waals surface area contributed by atoms with Gasteiger partial charge in [0.15, 0.2) is 0 Å². The SMILES string of the molecule is CC(C)N(CC(=O)N(Cc1ccco1)Cc1cccn1C)C(=O)Nc1cc(C(F)(F)F)cc(C(F)(F)F)c1. The first-order valence-electron chi connectivity index (χ1n) is 11.4. The highest BCUT2D eigenvalue weighted by atomic mass is 19.4. The van der Waals surface area contributed by atoms with Crippen LogP contribution in [0.15, 0.2) is 59.3 Å². The monoisotopic (exact) mass is 544 g/mol. The molecule has 2 aromatic heterocycles. The minimum Gasteiger partial charge on any atom is -0.467 e. The number of rotatable bonds is 8. The summed E-state index contributed by atoms with van der Waals surface area (Å²) >= 11 is 0. The molecule has 0 fully saturated rings. The van der Waals surface area contributed by atoms with Gasteiger partial charge in [0.2, 0.25) is 5.91 Å². The van der Waals surface area contributed by atoms with Gasteiger partial charge in [0.05, 0.1) is 30.5 Å². The molecule has 0 saturated heterocycles. The molecule has 0 aliphatic rings. The summed E-state index contributed by atoms with van der Waals surface area (Å²) in [6, 6.07) is 6.06. The number of anilines is 1. The van der Waals surface area contributed by atoms with Crippen molar-refractivity contribution >= 4 is 17.6 Å². The zero-order valence-electron chi connectivity index (χ0n) is 20.7. The van der Waals surface area contributed by atoms with Gasteiger partial charge in [-0.05, 0) is 56.3 Å². The number of nitrogens with one attached hydrogen (secondary N) is 1. The number of furan rings is 1. The number of carbonyl (C=O) groups excluding carboxylic acids is 2. The zero-order chi connectivity index (χ0) is 28.3. The molecule has 7 nitrogen and oxygen atoms in total. The summed E-state index contributed by atoms with van der Waals surface area (Å²) in [5.41, 5.74) is -3.05. The van der Waals surface area contributed by atoms with E-state index in [1.807, 2.05) is 0 Å².